The van der Waals surface area contributed by atoms with E-state index in [9.17, 15) is 9.59 Å². The van der Waals surface area contributed by atoms with Crippen LogP contribution in [0.1, 0.15) is 24.8 Å². The van der Waals surface area contributed by atoms with Crippen molar-refractivity contribution in [1.29, 1.82) is 0 Å². The maximum Gasteiger partial charge on any atom is 0.319 e. The molecule has 2 aromatic heterocycles. The summed E-state index contributed by atoms with van der Waals surface area (Å²) in [5, 5.41) is 5.69. The summed E-state index contributed by atoms with van der Waals surface area (Å²) in [4.78, 5) is 31.1. The van der Waals surface area contributed by atoms with Crippen LogP contribution in [0.4, 0.5) is 10.5 Å². The molecule has 9 heteroatoms. The van der Waals surface area contributed by atoms with E-state index in [1.54, 1.807) is 6.20 Å². The number of amides is 3. The van der Waals surface area contributed by atoms with E-state index in [-0.39, 0.29) is 24.0 Å². The lowest BCUT2D eigenvalue weighted by atomic mass is 9.99. The van der Waals surface area contributed by atoms with Crippen LogP contribution in [0, 0.1) is 5.92 Å². The van der Waals surface area contributed by atoms with E-state index in [4.69, 9.17) is 9.47 Å². The Bertz CT molecular complexity index is 1140. The summed E-state index contributed by atoms with van der Waals surface area (Å²) in [7, 11) is 0. The first-order valence-electron chi connectivity index (χ1n) is 11.7. The zero-order chi connectivity index (χ0) is 23.3. The van der Waals surface area contributed by atoms with E-state index < -0.39 is 0 Å². The van der Waals surface area contributed by atoms with Crippen molar-refractivity contribution in [3.63, 3.8) is 0 Å². The lowest BCUT2D eigenvalue weighted by Crippen LogP contribution is -2.38. The van der Waals surface area contributed by atoms with Crippen molar-refractivity contribution in [2.75, 3.05) is 31.6 Å². The first-order valence-corrected chi connectivity index (χ1v) is 11.7. The Labute approximate surface area is 198 Å². The molecule has 4 heterocycles. The predicted molar refractivity (Wildman–Crippen MR) is 127 cm³/mol. The second-order valence-corrected chi connectivity index (χ2v) is 8.76. The summed E-state index contributed by atoms with van der Waals surface area (Å²) < 4.78 is 13.4. The van der Waals surface area contributed by atoms with Crippen LogP contribution in [0.3, 0.4) is 0 Å². The van der Waals surface area contributed by atoms with Gasteiger partial charge >= 0.3 is 6.03 Å². The molecule has 3 amide bonds. The quantitative estimate of drug-likeness (QED) is 0.586. The van der Waals surface area contributed by atoms with E-state index in [0.29, 0.717) is 32.0 Å². The zero-order valence-electron chi connectivity index (χ0n) is 19.0. The summed E-state index contributed by atoms with van der Waals surface area (Å²) in [5.74, 6) is 1.03. The fourth-order valence-electron chi connectivity index (χ4n) is 4.46. The van der Waals surface area contributed by atoms with E-state index >= 15 is 0 Å². The normalized spacial score (nSPS) is 18.7. The number of carbonyl (C=O) groups excluding carboxylic acids is 2. The van der Waals surface area contributed by atoms with Gasteiger partial charge in [0.15, 0.2) is 0 Å². The third-order valence-electron chi connectivity index (χ3n) is 6.36. The summed E-state index contributed by atoms with van der Waals surface area (Å²) in [5.41, 5.74) is 2.49. The van der Waals surface area contributed by atoms with Crippen LogP contribution < -0.4 is 15.4 Å². The molecule has 0 spiro atoms. The largest absolute Gasteiger partial charge is 0.489 e. The molecule has 2 aliphatic rings. The molecular formula is C25H29N5O4. The summed E-state index contributed by atoms with van der Waals surface area (Å²) in [6.07, 6.45) is 7.95. The zero-order valence-corrected chi connectivity index (χ0v) is 19.0. The van der Waals surface area contributed by atoms with E-state index in [2.05, 4.69) is 15.6 Å². The molecule has 0 aliphatic carbocycles. The first-order chi connectivity index (χ1) is 16.6. The molecule has 1 aromatic carbocycles. The van der Waals surface area contributed by atoms with Crippen molar-refractivity contribution in [3.8, 4) is 5.75 Å². The number of carbonyl (C=O) groups is 2. The highest BCUT2D eigenvalue weighted by molar-refractivity contribution is 5.89. The SMILES string of the molecule is O=C(NCc1ccn2ccnc2c1)Nc1ccc(O[C@@H]2CCN(C(=O)C3CCOCC3)C2)cc1. The molecule has 5 rings (SSSR count). The van der Waals surface area contributed by atoms with Gasteiger partial charge in [0.25, 0.3) is 0 Å². The molecular weight excluding hydrogens is 434 g/mol. The van der Waals surface area contributed by atoms with Gasteiger partial charge in [-0.3, -0.25) is 4.79 Å². The Morgan fingerprint density at radius 3 is 2.74 bits per heavy atom. The van der Waals surface area contributed by atoms with E-state index in [0.717, 1.165) is 42.8 Å². The average Bonchev–Trinajstić information content (AvgIpc) is 3.53. The Hall–Kier alpha value is -3.59. The Kier molecular flexibility index (Phi) is 6.62. The molecule has 2 aliphatic heterocycles. The number of urea groups is 1. The molecule has 34 heavy (non-hydrogen) atoms. The first kappa shape index (κ1) is 22.2. The Morgan fingerprint density at radius 1 is 1.09 bits per heavy atom. The number of nitrogens with one attached hydrogen (secondary N) is 2. The minimum absolute atomic E-state index is 0.0154. The van der Waals surface area contributed by atoms with Crippen molar-refractivity contribution in [1.82, 2.24) is 19.6 Å². The number of hydrogen-bond donors (Lipinski definition) is 2. The van der Waals surface area contributed by atoms with Gasteiger partial charge in [0.2, 0.25) is 5.91 Å². The van der Waals surface area contributed by atoms with Crippen LogP contribution in [0.15, 0.2) is 55.0 Å². The fourth-order valence-corrected chi connectivity index (χ4v) is 4.46. The number of likely N-dealkylation sites (tertiary alicyclic amines) is 1. The molecule has 0 saturated carbocycles. The highest BCUT2D eigenvalue weighted by Gasteiger charge is 2.32. The molecule has 2 N–H and O–H groups in total. The number of pyridine rings is 1. The van der Waals surface area contributed by atoms with Gasteiger partial charge in [-0.15, -0.1) is 0 Å². The van der Waals surface area contributed by atoms with Gasteiger partial charge in [-0.25, -0.2) is 9.78 Å². The molecule has 0 unspecified atom stereocenters. The van der Waals surface area contributed by atoms with Crippen molar-refractivity contribution in [3.05, 3.63) is 60.6 Å². The van der Waals surface area contributed by atoms with Crippen molar-refractivity contribution in [2.24, 2.45) is 5.92 Å². The topological polar surface area (TPSA) is 97.2 Å². The van der Waals surface area contributed by atoms with Crippen LogP contribution in [0.2, 0.25) is 0 Å². The van der Waals surface area contributed by atoms with Crippen LogP contribution >= 0.6 is 0 Å². The molecule has 9 nitrogen and oxygen atoms in total. The molecule has 178 valence electrons. The smallest absolute Gasteiger partial charge is 0.319 e. The summed E-state index contributed by atoms with van der Waals surface area (Å²) >= 11 is 0. The van der Waals surface area contributed by atoms with E-state index in [1.165, 1.54) is 0 Å². The summed E-state index contributed by atoms with van der Waals surface area (Å²) in [6.45, 7) is 3.09. The number of ether oxygens (including phenoxy) is 2. The van der Waals surface area contributed by atoms with Crippen LogP contribution in [0.5, 0.6) is 5.75 Å². The monoisotopic (exact) mass is 463 g/mol. The lowest BCUT2D eigenvalue weighted by molar-refractivity contribution is -0.137. The number of benzene rings is 1. The highest BCUT2D eigenvalue weighted by Crippen LogP contribution is 2.24. The van der Waals surface area contributed by atoms with Crippen molar-refractivity contribution in [2.45, 2.75) is 31.9 Å². The lowest BCUT2D eigenvalue weighted by Gasteiger charge is -2.26. The maximum atomic E-state index is 12.7. The van der Waals surface area contributed by atoms with Gasteiger partial charge in [0.1, 0.15) is 17.5 Å². The second kappa shape index (κ2) is 10.1. The third kappa shape index (κ3) is 5.31. The Morgan fingerprint density at radius 2 is 1.91 bits per heavy atom. The van der Waals surface area contributed by atoms with Crippen LogP contribution in [-0.2, 0) is 16.1 Å². The Balaban J connectivity index is 1.07. The number of rotatable bonds is 6. The summed E-state index contributed by atoms with van der Waals surface area (Å²) in [6, 6.07) is 10.9. The number of fused-ring (bicyclic) bond motifs is 1. The van der Waals surface area contributed by atoms with Gasteiger partial charge in [-0.1, -0.05) is 0 Å². The van der Waals surface area contributed by atoms with Crippen molar-refractivity contribution >= 4 is 23.3 Å². The number of anilines is 1. The molecule has 0 radical (unpaired) electrons. The second-order valence-electron chi connectivity index (χ2n) is 8.76. The molecule has 3 aromatic rings. The van der Waals surface area contributed by atoms with Gasteiger partial charge in [0.05, 0.1) is 6.54 Å². The average molecular weight is 464 g/mol. The molecule has 2 saturated heterocycles. The van der Waals surface area contributed by atoms with E-state index in [1.807, 2.05) is 58.1 Å². The van der Waals surface area contributed by atoms with Gasteiger partial charge in [0, 0.05) is 62.9 Å². The maximum absolute atomic E-state index is 12.7. The van der Waals surface area contributed by atoms with Gasteiger partial charge in [-0.2, -0.15) is 0 Å². The number of imidazole rings is 1. The highest BCUT2D eigenvalue weighted by atomic mass is 16.5. The van der Waals surface area contributed by atoms with Crippen LogP contribution in [0.25, 0.3) is 5.65 Å². The number of aromatic nitrogens is 2. The van der Waals surface area contributed by atoms with Crippen LogP contribution in [-0.4, -0.2) is 58.6 Å². The standard InChI is InChI=1S/C25H29N5O4/c31-24(19-7-13-33-14-8-19)30-11-6-22(17-30)34-21-3-1-20(2-4-21)28-25(32)27-16-18-5-10-29-12-9-26-23(29)15-18/h1-5,9-10,12,15,19,22H,6-8,11,13-14,16-17H2,(H2,27,28,32)/t22-/m1/s1. The van der Waals surface area contributed by atoms with Gasteiger partial charge < -0.3 is 29.4 Å². The minimum atomic E-state index is -0.282. The van der Waals surface area contributed by atoms with Crippen molar-refractivity contribution < 1.29 is 19.1 Å². The third-order valence-corrected chi connectivity index (χ3v) is 6.36. The molecule has 2 fully saturated rings. The molecule has 0 bridgehead atoms. The molecule has 1 atom stereocenters. The number of nitrogens with zero attached hydrogens (tertiary/aromatic N) is 3. The minimum Gasteiger partial charge on any atom is -0.489 e. The predicted octanol–water partition coefficient (Wildman–Crippen LogP) is 3.06. The fraction of sp³-hybridized carbons (Fsp3) is 0.400. The van der Waals surface area contributed by atoms with Gasteiger partial charge in [-0.05, 0) is 54.8 Å². The number of hydrogen-bond acceptors (Lipinski definition) is 5.